The molecule has 3 aliphatic rings. The number of carbonyl (C=O) groups excluding carboxylic acids is 1. The average molecular weight is 397 g/mol. The molecule has 2 aromatic heterocycles. The Balaban J connectivity index is 1.39. The quantitative estimate of drug-likeness (QED) is 0.780. The van der Waals surface area contributed by atoms with E-state index in [9.17, 15) is 4.79 Å². The Bertz CT molecular complexity index is 870. The molecule has 156 valence electrons. The van der Waals surface area contributed by atoms with Crippen LogP contribution in [0.2, 0.25) is 0 Å². The van der Waals surface area contributed by atoms with Crippen LogP contribution in [-0.4, -0.2) is 56.5 Å². The molecular formula is C22H32N6O. The van der Waals surface area contributed by atoms with Crippen molar-refractivity contribution in [3.8, 4) is 0 Å². The number of nitrogens with zero attached hydrogens (tertiary/aromatic N) is 6. The van der Waals surface area contributed by atoms with Crippen LogP contribution in [-0.2, 0) is 17.8 Å². The summed E-state index contributed by atoms with van der Waals surface area (Å²) in [6.07, 6.45) is 13.2. The van der Waals surface area contributed by atoms with Crippen LogP contribution >= 0.6 is 0 Å². The summed E-state index contributed by atoms with van der Waals surface area (Å²) in [7, 11) is 0. The SMILES string of the molecule is O=C(C1CCCN(c2ncnc3c2nc2n3CCCCC2)C1)N1CCCCCC1. The molecule has 1 unspecified atom stereocenters. The fourth-order valence-corrected chi connectivity index (χ4v) is 5.28. The smallest absolute Gasteiger partial charge is 0.227 e. The van der Waals surface area contributed by atoms with Gasteiger partial charge in [0.25, 0.3) is 0 Å². The maximum atomic E-state index is 13.2. The second kappa shape index (κ2) is 8.28. The topological polar surface area (TPSA) is 67.2 Å². The van der Waals surface area contributed by atoms with Gasteiger partial charge in [0.1, 0.15) is 12.2 Å². The van der Waals surface area contributed by atoms with E-state index in [0.29, 0.717) is 5.91 Å². The van der Waals surface area contributed by atoms with Gasteiger partial charge in [-0.05, 0) is 38.5 Å². The molecule has 1 atom stereocenters. The predicted octanol–water partition coefficient (Wildman–Crippen LogP) is 3.17. The lowest BCUT2D eigenvalue weighted by Crippen LogP contribution is -2.45. The molecule has 0 radical (unpaired) electrons. The van der Waals surface area contributed by atoms with Gasteiger partial charge in [0.2, 0.25) is 5.91 Å². The highest BCUT2D eigenvalue weighted by Gasteiger charge is 2.31. The van der Waals surface area contributed by atoms with Gasteiger partial charge in [-0.15, -0.1) is 0 Å². The molecular weight excluding hydrogens is 364 g/mol. The highest BCUT2D eigenvalue weighted by Crippen LogP contribution is 2.30. The van der Waals surface area contributed by atoms with Crippen molar-refractivity contribution in [2.45, 2.75) is 70.8 Å². The Morgan fingerprint density at radius 1 is 0.897 bits per heavy atom. The van der Waals surface area contributed by atoms with Crippen molar-refractivity contribution in [3.63, 3.8) is 0 Å². The molecule has 2 fully saturated rings. The van der Waals surface area contributed by atoms with Crippen molar-refractivity contribution < 1.29 is 4.79 Å². The number of fused-ring (bicyclic) bond motifs is 3. The van der Waals surface area contributed by atoms with Gasteiger partial charge in [-0.25, -0.2) is 15.0 Å². The minimum absolute atomic E-state index is 0.0762. The molecule has 0 aromatic carbocycles. The van der Waals surface area contributed by atoms with E-state index in [-0.39, 0.29) is 5.92 Å². The van der Waals surface area contributed by atoms with Crippen molar-refractivity contribution in [1.82, 2.24) is 24.4 Å². The minimum Gasteiger partial charge on any atom is -0.354 e. The second-order valence-electron chi connectivity index (χ2n) is 8.88. The largest absolute Gasteiger partial charge is 0.354 e. The van der Waals surface area contributed by atoms with Crippen LogP contribution in [0.15, 0.2) is 6.33 Å². The van der Waals surface area contributed by atoms with E-state index in [1.165, 1.54) is 32.1 Å². The van der Waals surface area contributed by atoms with Crippen molar-refractivity contribution in [3.05, 3.63) is 12.2 Å². The zero-order chi connectivity index (χ0) is 19.6. The summed E-state index contributed by atoms with van der Waals surface area (Å²) in [5.41, 5.74) is 1.89. The lowest BCUT2D eigenvalue weighted by Gasteiger charge is -2.35. The summed E-state index contributed by atoms with van der Waals surface area (Å²) in [6, 6.07) is 0. The van der Waals surface area contributed by atoms with Crippen molar-refractivity contribution in [1.29, 1.82) is 0 Å². The molecule has 0 saturated carbocycles. The normalized spacial score (nSPS) is 23.5. The Kier molecular flexibility index (Phi) is 5.38. The molecule has 0 bridgehead atoms. The summed E-state index contributed by atoms with van der Waals surface area (Å²) in [5, 5.41) is 0. The van der Waals surface area contributed by atoms with Crippen LogP contribution in [0.4, 0.5) is 5.82 Å². The fraction of sp³-hybridized carbons (Fsp3) is 0.727. The van der Waals surface area contributed by atoms with Gasteiger partial charge in [-0.3, -0.25) is 4.79 Å². The first kappa shape index (κ1) is 18.8. The molecule has 1 amide bonds. The molecule has 2 saturated heterocycles. The molecule has 29 heavy (non-hydrogen) atoms. The molecule has 5 rings (SSSR count). The zero-order valence-corrected chi connectivity index (χ0v) is 17.4. The van der Waals surface area contributed by atoms with Crippen LogP contribution in [0.1, 0.15) is 63.6 Å². The first-order valence-corrected chi connectivity index (χ1v) is 11.5. The van der Waals surface area contributed by atoms with Gasteiger partial charge in [0, 0.05) is 39.1 Å². The number of imidazole rings is 1. The first-order chi connectivity index (χ1) is 14.3. The molecule has 0 spiro atoms. The van der Waals surface area contributed by atoms with E-state index in [4.69, 9.17) is 4.98 Å². The molecule has 0 aliphatic carbocycles. The highest BCUT2D eigenvalue weighted by atomic mass is 16.2. The van der Waals surface area contributed by atoms with Gasteiger partial charge in [-0.2, -0.15) is 0 Å². The Morgan fingerprint density at radius 2 is 1.69 bits per heavy atom. The number of hydrogen-bond donors (Lipinski definition) is 0. The number of aryl methyl sites for hydroxylation is 2. The van der Waals surface area contributed by atoms with Gasteiger partial charge in [0.05, 0.1) is 5.92 Å². The Labute approximate surface area is 172 Å². The highest BCUT2D eigenvalue weighted by molar-refractivity contribution is 5.85. The van der Waals surface area contributed by atoms with E-state index in [1.54, 1.807) is 6.33 Å². The predicted molar refractivity (Wildman–Crippen MR) is 113 cm³/mol. The van der Waals surface area contributed by atoms with Crippen molar-refractivity contribution in [2.75, 3.05) is 31.1 Å². The van der Waals surface area contributed by atoms with E-state index in [0.717, 1.165) is 87.6 Å². The van der Waals surface area contributed by atoms with Crippen LogP contribution in [0.25, 0.3) is 11.2 Å². The van der Waals surface area contributed by atoms with Crippen LogP contribution < -0.4 is 4.90 Å². The third-order valence-corrected chi connectivity index (χ3v) is 6.86. The standard InChI is InChI=1S/C22H32N6O/c29-22(26-11-5-1-2-6-12-26)17-9-8-13-27(15-17)20-19-21(24-16-23-20)28-14-7-3-4-10-18(28)25-19/h16-17H,1-15H2. The number of anilines is 1. The number of amides is 1. The Morgan fingerprint density at radius 3 is 2.55 bits per heavy atom. The third-order valence-electron chi connectivity index (χ3n) is 6.86. The van der Waals surface area contributed by atoms with E-state index in [1.807, 2.05) is 0 Å². The number of carbonyl (C=O) groups is 1. The van der Waals surface area contributed by atoms with Gasteiger partial charge >= 0.3 is 0 Å². The summed E-state index contributed by atoms with van der Waals surface area (Å²) in [5.74, 6) is 2.49. The summed E-state index contributed by atoms with van der Waals surface area (Å²) < 4.78 is 2.29. The van der Waals surface area contributed by atoms with Gasteiger partial charge in [0.15, 0.2) is 17.0 Å². The number of rotatable bonds is 2. The monoisotopic (exact) mass is 396 g/mol. The Hall–Kier alpha value is -2.18. The average Bonchev–Trinajstić information content (AvgIpc) is 2.97. The fourth-order valence-electron chi connectivity index (χ4n) is 5.28. The molecule has 7 nitrogen and oxygen atoms in total. The van der Waals surface area contributed by atoms with Crippen LogP contribution in [0, 0.1) is 5.92 Å². The lowest BCUT2D eigenvalue weighted by molar-refractivity contribution is -0.135. The maximum absolute atomic E-state index is 13.2. The van der Waals surface area contributed by atoms with E-state index < -0.39 is 0 Å². The molecule has 5 heterocycles. The van der Waals surface area contributed by atoms with E-state index in [2.05, 4.69) is 24.3 Å². The van der Waals surface area contributed by atoms with Crippen LogP contribution in [0.3, 0.4) is 0 Å². The molecule has 2 aromatic rings. The zero-order valence-electron chi connectivity index (χ0n) is 17.4. The molecule has 7 heteroatoms. The molecule has 0 N–H and O–H groups in total. The van der Waals surface area contributed by atoms with Gasteiger partial charge in [-0.1, -0.05) is 19.3 Å². The summed E-state index contributed by atoms with van der Waals surface area (Å²) in [6.45, 7) is 4.56. The minimum atomic E-state index is 0.0762. The number of hydrogen-bond acceptors (Lipinski definition) is 5. The molecule has 3 aliphatic heterocycles. The van der Waals surface area contributed by atoms with E-state index >= 15 is 0 Å². The number of piperidine rings is 1. The number of likely N-dealkylation sites (tertiary alicyclic amines) is 1. The summed E-state index contributed by atoms with van der Waals surface area (Å²) in [4.78, 5) is 31.8. The summed E-state index contributed by atoms with van der Waals surface area (Å²) >= 11 is 0. The lowest BCUT2D eigenvalue weighted by atomic mass is 9.96. The first-order valence-electron chi connectivity index (χ1n) is 11.5. The second-order valence-corrected chi connectivity index (χ2v) is 8.88. The van der Waals surface area contributed by atoms with Crippen molar-refractivity contribution in [2.24, 2.45) is 5.92 Å². The van der Waals surface area contributed by atoms with Crippen molar-refractivity contribution >= 4 is 22.9 Å². The number of aromatic nitrogens is 4. The maximum Gasteiger partial charge on any atom is 0.227 e. The van der Waals surface area contributed by atoms with Crippen LogP contribution in [0.5, 0.6) is 0 Å². The third kappa shape index (κ3) is 3.71. The van der Waals surface area contributed by atoms with Gasteiger partial charge < -0.3 is 14.4 Å².